The Labute approximate surface area is 123 Å². The molecule has 0 aromatic heterocycles. The first-order valence-electron chi connectivity index (χ1n) is 5.95. The van der Waals surface area contributed by atoms with E-state index in [1.165, 1.54) is 0 Å². The smallest absolute Gasteiger partial charge is 0.130 e. The summed E-state index contributed by atoms with van der Waals surface area (Å²) in [6.45, 7) is 0. The number of hydrogen-bond donors (Lipinski definition) is 2. The summed E-state index contributed by atoms with van der Waals surface area (Å²) >= 11 is 6.69. The van der Waals surface area contributed by atoms with Crippen molar-refractivity contribution in [1.29, 1.82) is 0 Å². The van der Waals surface area contributed by atoms with Gasteiger partial charge in [-0.25, -0.2) is 0 Å². The number of aliphatic hydroxyl groups is 1. The maximum absolute atomic E-state index is 9.63. The van der Waals surface area contributed by atoms with Crippen LogP contribution in [0.3, 0.4) is 0 Å². The molecular weight excluding hydrogens is 362 g/mol. The molecule has 0 radical (unpaired) electrons. The van der Waals surface area contributed by atoms with Gasteiger partial charge in [0.15, 0.2) is 0 Å². The van der Waals surface area contributed by atoms with Crippen LogP contribution in [0.1, 0.15) is 31.2 Å². The number of aliphatic hydroxyl groups excluding tert-OH is 1. The van der Waals surface area contributed by atoms with Gasteiger partial charge in [-0.3, -0.25) is 4.99 Å². The van der Waals surface area contributed by atoms with Crippen molar-refractivity contribution in [1.82, 2.24) is 0 Å². The Hall–Kier alpha value is -0.390. The van der Waals surface area contributed by atoms with Crippen LogP contribution in [0.25, 0.3) is 0 Å². The van der Waals surface area contributed by atoms with Crippen molar-refractivity contribution in [3.63, 3.8) is 0 Å². The standard InChI is InChI=1S/C13H15Br2NO2/c14-11-6-12(15)13(18)4-8(11)7-16-9-2-1-3-10(17)5-9/h4,6-7,9-10,17-18H,1-3,5H2/t9-,10+/m0/s1. The fourth-order valence-electron chi connectivity index (χ4n) is 2.11. The van der Waals surface area contributed by atoms with Gasteiger partial charge in [0.2, 0.25) is 0 Å². The average molecular weight is 377 g/mol. The van der Waals surface area contributed by atoms with E-state index in [-0.39, 0.29) is 17.9 Å². The van der Waals surface area contributed by atoms with Gasteiger partial charge in [-0.2, -0.15) is 0 Å². The van der Waals surface area contributed by atoms with Gasteiger partial charge in [-0.15, -0.1) is 0 Å². The molecule has 0 bridgehead atoms. The predicted molar refractivity (Wildman–Crippen MR) is 79.4 cm³/mol. The third kappa shape index (κ3) is 3.56. The number of phenols is 1. The number of benzene rings is 1. The van der Waals surface area contributed by atoms with Gasteiger partial charge >= 0.3 is 0 Å². The van der Waals surface area contributed by atoms with Gasteiger partial charge in [-0.05, 0) is 53.7 Å². The molecule has 1 aliphatic rings. The van der Waals surface area contributed by atoms with Crippen molar-refractivity contribution in [3.8, 4) is 5.75 Å². The number of hydrogen-bond acceptors (Lipinski definition) is 3. The topological polar surface area (TPSA) is 52.8 Å². The van der Waals surface area contributed by atoms with E-state index in [1.54, 1.807) is 18.3 Å². The minimum atomic E-state index is -0.220. The summed E-state index contributed by atoms with van der Waals surface area (Å²) in [5.41, 5.74) is 0.843. The van der Waals surface area contributed by atoms with Crippen LogP contribution in [0.4, 0.5) is 0 Å². The lowest BCUT2D eigenvalue weighted by molar-refractivity contribution is 0.121. The van der Waals surface area contributed by atoms with E-state index in [0.29, 0.717) is 4.47 Å². The van der Waals surface area contributed by atoms with Crippen LogP contribution in [0.15, 0.2) is 26.1 Å². The zero-order valence-corrected chi connectivity index (χ0v) is 13.0. The molecule has 0 heterocycles. The van der Waals surface area contributed by atoms with Crippen LogP contribution in [0.2, 0.25) is 0 Å². The van der Waals surface area contributed by atoms with Crippen molar-refractivity contribution in [2.45, 2.75) is 37.8 Å². The van der Waals surface area contributed by atoms with Gasteiger partial charge in [0.05, 0.1) is 16.6 Å². The van der Waals surface area contributed by atoms with Crippen molar-refractivity contribution in [2.24, 2.45) is 4.99 Å². The van der Waals surface area contributed by atoms with Crippen LogP contribution in [0, 0.1) is 0 Å². The summed E-state index contributed by atoms with van der Waals surface area (Å²) in [5.74, 6) is 0.198. The lowest BCUT2D eigenvalue weighted by Crippen LogP contribution is -2.22. The Kier molecular flexibility index (Phi) is 4.81. The fourth-order valence-corrected chi connectivity index (χ4v) is 3.21. The van der Waals surface area contributed by atoms with E-state index in [9.17, 15) is 10.2 Å². The Bertz CT molecular complexity index is 463. The largest absolute Gasteiger partial charge is 0.507 e. The summed E-state index contributed by atoms with van der Waals surface area (Å²) < 4.78 is 1.53. The lowest BCUT2D eigenvalue weighted by atomic mass is 9.93. The number of phenolic OH excluding ortho intramolecular Hbond substituents is 1. The minimum absolute atomic E-state index is 0.187. The van der Waals surface area contributed by atoms with E-state index < -0.39 is 0 Å². The van der Waals surface area contributed by atoms with Gasteiger partial charge in [0.25, 0.3) is 0 Å². The van der Waals surface area contributed by atoms with Crippen molar-refractivity contribution in [3.05, 3.63) is 26.6 Å². The summed E-state index contributed by atoms with van der Waals surface area (Å²) in [6.07, 6.45) is 5.20. The van der Waals surface area contributed by atoms with E-state index in [1.807, 2.05) is 0 Å². The van der Waals surface area contributed by atoms with Gasteiger partial charge in [0.1, 0.15) is 5.75 Å². The van der Waals surface area contributed by atoms with Crippen molar-refractivity contribution >= 4 is 38.1 Å². The first kappa shape index (κ1) is 14.0. The minimum Gasteiger partial charge on any atom is -0.507 e. The molecule has 98 valence electrons. The molecule has 1 saturated carbocycles. The third-order valence-electron chi connectivity index (χ3n) is 3.11. The maximum atomic E-state index is 9.63. The Morgan fingerprint density at radius 2 is 2.00 bits per heavy atom. The molecule has 0 unspecified atom stereocenters. The molecule has 0 aliphatic heterocycles. The second-order valence-corrected chi connectivity index (χ2v) is 6.29. The highest BCUT2D eigenvalue weighted by Gasteiger charge is 2.18. The molecule has 0 saturated heterocycles. The van der Waals surface area contributed by atoms with Crippen LogP contribution < -0.4 is 0 Å². The lowest BCUT2D eigenvalue weighted by Gasteiger charge is -2.22. The molecule has 2 atom stereocenters. The zero-order valence-electron chi connectivity index (χ0n) is 9.81. The van der Waals surface area contributed by atoms with Crippen LogP contribution in [-0.4, -0.2) is 28.6 Å². The molecule has 0 amide bonds. The highest BCUT2D eigenvalue weighted by molar-refractivity contribution is 9.11. The molecular formula is C13H15Br2NO2. The summed E-state index contributed by atoms with van der Waals surface area (Å²) in [6, 6.07) is 3.65. The fraction of sp³-hybridized carbons (Fsp3) is 0.462. The number of aromatic hydroxyl groups is 1. The average Bonchev–Trinajstić information content (AvgIpc) is 2.32. The van der Waals surface area contributed by atoms with Crippen LogP contribution in [0.5, 0.6) is 5.75 Å². The highest BCUT2D eigenvalue weighted by atomic mass is 79.9. The molecule has 1 aromatic carbocycles. The molecule has 2 N–H and O–H groups in total. The third-order valence-corrected chi connectivity index (χ3v) is 4.43. The van der Waals surface area contributed by atoms with E-state index in [0.717, 1.165) is 35.7 Å². The van der Waals surface area contributed by atoms with Gasteiger partial charge in [0, 0.05) is 16.3 Å². The molecule has 1 aromatic rings. The molecule has 18 heavy (non-hydrogen) atoms. The molecule has 2 rings (SSSR count). The van der Waals surface area contributed by atoms with E-state index in [4.69, 9.17) is 0 Å². The monoisotopic (exact) mass is 375 g/mol. The van der Waals surface area contributed by atoms with Crippen LogP contribution in [-0.2, 0) is 0 Å². The first-order valence-corrected chi connectivity index (χ1v) is 7.54. The zero-order chi connectivity index (χ0) is 13.1. The SMILES string of the molecule is Oc1cc(C=N[C@H]2CCC[C@@H](O)C2)c(Br)cc1Br. The normalized spacial score (nSPS) is 24.6. The van der Waals surface area contributed by atoms with E-state index in [2.05, 4.69) is 36.9 Å². The molecule has 1 aliphatic carbocycles. The van der Waals surface area contributed by atoms with Gasteiger partial charge in [-0.1, -0.05) is 15.9 Å². The number of nitrogens with zero attached hydrogens (tertiary/aromatic N) is 1. The predicted octanol–water partition coefficient (Wildman–Crippen LogP) is 3.64. The molecule has 5 heteroatoms. The molecule has 1 fully saturated rings. The number of aliphatic imine (C=N–C) groups is 1. The molecule has 3 nitrogen and oxygen atoms in total. The second-order valence-electron chi connectivity index (χ2n) is 4.58. The summed E-state index contributed by atoms with van der Waals surface area (Å²) in [7, 11) is 0. The second kappa shape index (κ2) is 6.17. The van der Waals surface area contributed by atoms with Gasteiger partial charge < -0.3 is 10.2 Å². The van der Waals surface area contributed by atoms with Crippen molar-refractivity contribution < 1.29 is 10.2 Å². The maximum Gasteiger partial charge on any atom is 0.130 e. The Morgan fingerprint density at radius 1 is 1.22 bits per heavy atom. The van der Waals surface area contributed by atoms with Crippen LogP contribution >= 0.6 is 31.9 Å². The summed E-state index contributed by atoms with van der Waals surface area (Å²) in [4.78, 5) is 4.49. The Balaban J connectivity index is 2.11. The van der Waals surface area contributed by atoms with Crippen molar-refractivity contribution in [2.75, 3.05) is 0 Å². The van der Waals surface area contributed by atoms with E-state index >= 15 is 0 Å². The molecule has 0 spiro atoms. The summed E-state index contributed by atoms with van der Waals surface area (Å²) in [5, 5.41) is 19.2. The Morgan fingerprint density at radius 3 is 2.72 bits per heavy atom. The number of rotatable bonds is 2. The number of halogens is 2. The quantitative estimate of drug-likeness (QED) is 0.774. The highest BCUT2D eigenvalue weighted by Crippen LogP contribution is 2.30. The first-order chi connectivity index (χ1) is 8.56.